The molecule has 24 heavy (non-hydrogen) atoms. The van der Waals surface area contributed by atoms with Gasteiger partial charge in [0.2, 0.25) is 5.91 Å². The molecule has 0 radical (unpaired) electrons. The highest BCUT2D eigenvalue weighted by atomic mass is 16.5. The van der Waals surface area contributed by atoms with E-state index in [1.54, 1.807) is 40.1 Å². The minimum absolute atomic E-state index is 0.252. The van der Waals surface area contributed by atoms with Gasteiger partial charge in [-0.2, -0.15) is 0 Å². The molecule has 1 aliphatic rings. The van der Waals surface area contributed by atoms with Gasteiger partial charge in [-0.3, -0.25) is 14.4 Å². The first kappa shape index (κ1) is 17.8. The number of carboxylic acids is 1. The molecule has 2 atom stereocenters. The van der Waals surface area contributed by atoms with Gasteiger partial charge >= 0.3 is 5.97 Å². The number of anilines is 1. The number of hydrogen-bond donors (Lipinski definition) is 2. The fourth-order valence-corrected chi connectivity index (χ4v) is 3.00. The van der Waals surface area contributed by atoms with Crippen LogP contribution in [0.1, 0.15) is 24.2 Å². The summed E-state index contributed by atoms with van der Waals surface area (Å²) in [6, 6.07) is 4.75. The van der Waals surface area contributed by atoms with Crippen LogP contribution in [0.15, 0.2) is 18.2 Å². The predicted octanol–water partition coefficient (Wildman–Crippen LogP) is 1.69. The molecule has 0 bridgehead atoms. The van der Waals surface area contributed by atoms with Crippen molar-refractivity contribution in [2.75, 3.05) is 26.5 Å². The molecule has 7 heteroatoms. The molecule has 0 heterocycles. The first-order chi connectivity index (χ1) is 11.1. The van der Waals surface area contributed by atoms with E-state index in [-0.39, 0.29) is 11.8 Å². The highest BCUT2D eigenvalue weighted by Gasteiger charge is 2.65. The van der Waals surface area contributed by atoms with Crippen molar-refractivity contribution in [2.45, 2.75) is 13.8 Å². The van der Waals surface area contributed by atoms with Gasteiger partial charge in [0.15, 0.2) is 0 Å². The van der Waals surface area contributed by atoms with Gasteiger partial charge in [-0.25, -0.2) is 0 Å². The molecular formula is C17H22N2O5. The molecule has 0 aliphatic heterocycles. The van der Waals surface area contributed by atoms with Crippen LogP contribution >= 0.6 is 0 Å². The molecule has 1 saturated carbocycles. The lowest BCUT2D eigenvalue weighted by molar-refractivity contribution is -0.140. The van der Waals surface area contributed by atoms with Crippen molar-refractivity contribution in [3.05, 3.63) is 23.8 Å². The average molecular weight is 334 g/mol. The van der Waals surface area contributed by atoms with Crippen molar-refractivity contribution in [3.8, 4) is 5.75 Å². The van der Waals surface area contributed by atoms with Crippen LogP contribution in [0.3, 0.4) is 0 Å². The number of nitrogens with one attached hydrogen (secondary N) is 1. The summed E-state index contributed by atoms with van der Waals surface area (Å²) < 4.78 is 5.18. The molecule has 0 spiro atoms. The van der Waals surface area contributed by atoms with Crippen molar-refractivity contribution < 1.29 is 24.2 Å². The number of hydrogen-bond acceptors (Lipinski definition) is 4. The van der Waals surface area contributed by atoms with E-state index >= 15 is 0 Å². The number of methoxy groups -OCH3 is 1. The van der Waals surface area contributed by atoms with E-state index in [1.807, 2.05) is 0 Å². The Morgan fingerprint density at radius 2 is 1.83 bits per heavy atom. The van der Waals surface area contributed by atoms with Gasteiger partial charge in [0, 0.05) is 19.8 Å². The zero-order chi connectivity index (χ0) is 18.2. The largest absolute Gasteiger partial charge is 0.496 e. The maximum atomic E-state index is 12.4. The predicted molar refractivity (Wildman–Crippen MR) is 88.0 cm³/mol. The first-order valence-corrected chi connectivity index (χ1v) is 7.54. The second-order valence-corrected chi connectivity index (χ2v) is 6.72. The maximum absolute atomic E-state index is 12.4. The summed E-state index contributed by atoms with van der Waals surface area (Å²) in [7, 11) is 4.71. The molecule has 0 unspecified atom stereocenters. The summed E-state index contributed by atoms with van der Waals surface area (Å²) in [5.74, 6) is -2.47. The third-order valence-electron chi connectivity index (χ3n) is 4.48. The molecule has 130 valence electrons. The Kier molecular flexibility index (Phi) is 4.55. The topological polar surface area (TPSA) is 95.9 Å². The summed E-state index contributed by atoms with van der Waals surface area (Å²) in [6.07, 6.45) is 0. The molecule has 0 saturated heterocycles. The summed E-state index contributed by atoms with van der Waals surface area (Å²) >= 11 is 0. The molecule has 1 fully saturated rings. The Labute approximate surface area is 140 Å². The fourth-order valence-electron chi connectivity index (χ4n) is 3.00. The molecule has 7 nitrogen and oxygen atoms in total. The summed E-state index contributed by atoms with van der Waals surface area (Å²) in [5, 5.41) is 11.9. The number of amides is 2. The number of carbonyl (C=O) groups excluding carboxylic acids is 2. The number of ether oxygens (including phenoxy) is 1. The smallest absolute Gasteiger partial charge is 0.307 e. The van der Waals surface area contributed by atoms with Crippen LogP contribution in [-0.4, -0.2) is 49.0 Å². The van der Waals surface area contributed by atoms with Gasteiger partial charge < -0.3 is 20.1 Å². The van der Waals surface area contributed by atoms with Crippen LogP contribution < -0.4 is 10.1 Å². The number of nitrogens with zero attached hydrogens (tertiary/aromatic N) is 1. The Morgan fingerprint density at radius 1 is 1.21 bits per heavy atom. The van der Waals surface area contributed by atoms with Crippen LogP contribution in [0.5, 0.6) is 5.75 Å². The normalized spacial score (nSPS) is 20.9. The summed E-state index contributed by atoms with van der Waals surface area (Å²) in [4.78, 5) is 37.2. The fraction of sp³-hybridized carbons (Fsp3) is 0.471. The van der Waals surface area contributed by atoms with Crippen molar-refractivity contribution >= 4 is 23.5 Å². The van der Waals surface area contributed by atoms with Crippen molar-refractivity contribution in [3.63, 3.8) is 0 Å². The second-order valence-electron chi connectivity index (χ2n) is 6.72. The maximum Gasteiger partial charge on any atom is 0.307 e. The van der Waals surface area contributed by atoms with E-state index in [4.69, 9.17) is 4.74 Å². The van der Waals surface area contributed by atoms with Crippen LogP contribution in [0.4, 0.5) is 5.69 Å². The van der Waals surface area contributed by atoms with E-state index in [0.717, 1.165) is 0 Å². The lowest BCUT2D eigenvalue weighted by Crippen LogP contribution is -2.23. The molecule has 2 rings (SSSR count). The lowest BCUT2D eigenvalue weighted by atomic mass is 10.1. The highest BCUT2D eigenvalue weighted by Crippen LogP contribution is 2.58. The SMILES string of the molecule is COc1ccc(NC(=O)[C@H]2[C@@H](C(=O)O)C2(C)C)cc1C(=O)N(C)C. The summed E-state index contributed by atoms with van der Waals surface area (Å²) in [6.45, 7) is 3.51. The molecular weight excluding hydrogens is 312 g/mol. The number of carboxylic acid groups (broad SMARTS) is 1. The molecule has 2 N–H and O–H groups in total. The monoisotopic (exact) mass is 334 g/mol. The molecule has 1 aliphatic carbocycles. The number of benzene rings is 1. The third kappa shape index (κ3) is 3.06. The second kappa shape index (κ2) is 6.14. The van der Waals surface area contributed by atoms with Crippen LogP contribution in [0, 0.1) is 17.3 Å². The van der Waals surface area contributed by atoms with Crippen LogP contribution in [-0.2, 0) is 9.59 Å². The number of rotatable bonds is 5. The lowest BCUT2D eigenvalue weighted by Gasteiger charge is -2.15. The van der Waals surface area contributed by atoms with Crippen molar-refractivity contribution in [1.29, 1.82) is 0 Å². The standard InChI is InChI=1S/C17H22N2O5/c1-17(2)12(13(17)16(22)23)14(20)18-9-6-7-11(24-5)10(8-9)15(21)19(3)4/h6-8,12-13H,1-5H3,(H,18,20)(H,22,23)/t12-,13+/m1/s1. The van der Waals surface area contributed by atoms with Gasteiger partial charge in [-0.05, 0) is 23.6 Å². The Hall–Kier alpha value is -2.57. The van der Waals surface area contributed by atoms with Gasteiger partial charge in [-0.15, -0.1) is 0 Å². The Morgan fingerprint density at radius 3 is 2.29 bits per heavy atom. The summed E-state index contributed by atoms with van der Waals surface area (Å²) in [5.41, 5.74) is 0.174. The Balaban J connectivity index is 2.22. The number of aliphatic carboxylic acids is 1. The van der Waals surface area contributed by atoms with E-state index in [0.29, 0.717) is 17.0 Å². The Bertz CT molecular complexity index is 696. The van der Waals surface area contributed by atoms with Crippen LogP contribution in [0.25, 0.3) is 0 Å². The van der Waals surface area contributed by atoms with Crippen molar-refractivity contribution in [1.82, 2.24) is 4.90 Å². The third-order valence-corrected chi connectivity index (χ3v) is 4.48. The van der Waals surface area contributed by atoms with Gasteiger partial charge in [0.05, 0.1) is 24.5 Å². The minimum Gasteiger partial charge on any atom is -0.496 e. The molecule has 1 aromatic carbocycles. The molecule has 0 aromatic heterocycles. The van der Waals surface area contributed by atoms with E-state index in [2.05, 4.69) is 5.32 Å². The zero-order valence-electron chi connectivity index (χ0n) is 14.4. The van der Waals surface area contributed by atoms with E-state index in [1.165, 1.54) is 18.1 Å². The minimum atomic E-state index is -0.974. The van der Waals surface area contributed by atoms with E-state index < -0.39 is 23.2 Å². The quantitative estimate of drug-likeness (QED) is 0.854. The van der Waals surface area contributed by atoms with Gasteiger partial charge in [0.1, 0.15) is 5.75 Å². The molecule has 2 amide bonds. The highest BCUT2D eigenvalue weighted by molar-refractivity contribution is 6.02. The van der Waals surface area contributed by atoms with Crippen molar-refractivity contribution in [2.24, 2.45) is 17.3 Å². The van der Waals surface area contributed by atoms with Crippen LogP contribution in [0.2, 0.25) is 0 Å². The average Bonchev–Trinajstić information content (AvgIpc) is 3.09. The van der Waals surface area contributed by atoms with Gasteiger partial charge in [0.25, 0.3) is 5.91 Å². The first-order valence-electron chi connectivity index (χ1n) is 7.54. The number of carbonyl (C=O) groups is 3. The zero-order valence-corrected chi connectivity index (χ0v) is 14.4. The van der Waals surface area contributed by atoms with E-state index in [9.17, 15) is 19.5 Å². The van der Waals surface area contributed by atoms with Gasteiger partial charge in [-0.1, -0.05) is 13.8 Å². The molecule has 1 aromatic rings.